The molecule has 1 saturated carbocycles. The molecule has 0 spiro atoms. The highest BCUT2D eigenvalue weighted by Gasteiger charge is 2.43. The van der Waals surface area contributed by atoms with Crippen LogP contribution in [-0.2, 0) is 16.8 Å². The minimum Gasteiger partial charge on any atom is -0.465 e. The molecule has 188 valence electrons. The second-order valence-corrected chi connectivity index (χ2v) is 9.95. The van der Waals surface area contributed by atoms with Gasteiger partial charge in [-0.2, -0.15) is 0 Å². The van der Waals surface area contributed by atoms with Gasteiger partial charge in [0.25, 0.3) is 5.91 Å². The Hall–Kier alpha value is -3.92. The summed E-state index contributed by atoms with van der Waals surface area (Å²) < 4.78 is 2.26. The van der Waals surface area contributed by atoms with E-state index in [1.54, 1.807) is 17.6 Å². The van der Waals surface area contributed by atoms with Gasteiger partial charge < -0.3 is 19.9 Å². The Labute approximate surface area is 207 Å². The molecule has 2 aliphatic rings. The van der Waals surface area contributed by atoms with Gasteiger partial charge in [-0.15, -0.1) is 0 Å². The predicted molar refractivity (Wildman–Crippen MR) is 131 cm³/mol. The molecule has 2 heterocycles. The van der Waals surface area contributed by atoms with Crippen LogP contribution in [0.4, 0.5) is 4.79 Å². The number of hydrogen-bond donors (Lipinski definition) is 4. The molecule has 10 heteroatoms. The smallest absolute Gasteiger partial charge is 0.407 e. The summed E-state index contributed by atoms with van der Waals surface area (Å²) in [5, 5.41) is 21.1. The fraction of sp³-hybridized carbons (Fsp3) is 0.385. The zero-order chi connectivity index (χ0) is 25.4. The molecule has 10 nitrogen and oxygen atoms in total. The van der Waals surface area contributed by atoms with E-state index in [1.807, 2.05) is 30.3 Å². The van der Waals surface area contributed by atoms with Gasteiger partial charge in [0, 0.05) is 36.7 Å². The first-order valence-corrected chi connectivity index (χ1v) is 12.1. The largest absolute Gasteiger partial charge is 0.465 e. The maximum absolute atomic E-state index is 12.9. The molecule has 0 unspecified atom stereocenters. The number of rotatable bonds is 6. The first-order chi connectivity index (χ1) is 17.3. The second-order valence-electron chi connectivity index (χ2n) is 9.95. The van der Waals surface area contributed by atoms with Crippen LogP contribution in [0.5, 0.6) is 0 Å². The van der Waals surface area contributed by atoms with E-state index < -0.39 is 24.0 Å². The van der Waals surface area contributed by atoms with Gasteiger partial charge in [0.05, 0.1) is 17.0 Å². The number of carboxylic acid groups (broad SMARTS) is 1. The van der Waals surface area contributed by atoms with Gasteiger partial charge in [-0.1, -0.05) is 31.2 Å². The molecule has 4 N–H and O–H groups in total. The maximum atomic E-state index is 12.9. The first kappa shape index (κ1) is 23.8. The van der Waals surface area contributed by atoms with Crippen molar-refractivity contribution < 1.29 is 24.7 Å². The number of carbonyl (C=O) groups excluding carboxylic acids is 2. The minimum atomic E-state index is -1.14. The van der Waals surface area contributed by atoms with Crippen LogP contribution in [0.2, 0.25) is 0 Å². The van der Waals surface area contributed by atoms with Crippen molar-refractivity contribution in [2.45, 2.75) is 44.2 Å². The van der Waals surface area contributed by atoms with Crippen LogP contribution in [0, 0.1) is 5.92 Å². The molecule has 1 aromatic heterocycles. The van der Waals surface area contributed by atoms with Crippen LogP contribution in [0.3, 0.4) is 0 Å². The number of benzene rings is 2. The Morgan fingerprint density at radius 2 is 1.83 bits per heavy atom. The Balaban J connectivity index is 1.31. The molecule has 36 heavy (non-hydrogen) atoms. The summed E-state index contributed by atoms with van der Waals surface area (Å²) in [5.74, 6) is -0.883. The SMILES string of the molecule is CC1(c2nc3ccccc3n2Cc2ccc(C(=O)N[C@@H]3CCN(C(=O)O)C[C@@H]3C(=O)NO)cc2)CC1. The number of nitrogens with one attached hydrogen (secondary N) is 2. The molecule has 3 aromatic rings. The summed E-state index contributed by atoms with van der Waals surface area (Å²) in [4.78, 5) is 42.4. The zero-order valence-corrected chi connectivity index (χ0v) is 20.0. The standard InChI is InChI=1S/C26H29N5O5/c1-26(11-12-26)24-28-20-4-2-3-5-21(20)31(24)14-16-6-8-17(9-7-16)22(32)27-19-10-13-30(25(34)35)15-18(19)23(33)29-36/h2-9,18-19,36H,10-15H2,1H3,(H,27,32)(H,29,33)(H,34,35)/t18-,19+/m0/s1. The van der Waals surface area contributed by atoms with Crippen molar-refractivity contribution in [1.29, 1.82) is 0 Å². The zero-order valence-electron chi connectivity index (χ0n) is 20.0. The third-order valence-corrected chi connectivity index (χ3v) is 7.40. The number of carbonyl (C=O) groups is 3. The quantitative estimate of drug-likeness (QED) is 0.309. The van der Waals surface area contributed by atoms with E-state index in [9.17, 15) is 19.5 Å². The molecule has 2 fully saturated rings. The van der Waals surface area contributed by atoms with E-state index in [0.717, 1.165) is 40.2 Å². The number of likely N-dealkylation sites (tertiary alicyclic amines) is 1. The Kier molecular flexibility index (Phi) is 6.13. The van der Waals surface area contributed by atoms with E-state index in [2.05, 4.69) is 22.9 Å². The van der Waals surface area contributed by atoms with Crippen LogP contribution in [0.25, 0.3) is 11.0 Å². The van der Waals surface area contributed by atoms with Crippen molar-refractivity contribution >= 4 is 28.9 Å². The molecule has 2 aromatic carbocycles. The highest BCUT2D eigenvalue weighted by atomic mass is 16.5. The topological polar surface area (TPSA) is 137 Å². The fourth-order valence-corrected chi connectivity index (χ4v) is 4.95. The molecule has 0 radical (unpaired) electrons. The van der Waals surface area contributed by atoms with Crippen LogP contribution < -0.4 is 10.8 Å². The van der Waals surface area contributed by atoms with E-state index in [1.165, 1.54) is 0 Å². The molecule has 1 aliphatic carbocycles. The van der Waals surface area contributed by atoms with E-state index in [0.29, 0.717) is 12.1 Å². The number of fused-ring (bicyclic) bond motifs is 1. The van der Waals surface area contributed by atoms with Crippen molar-refractivity contribution in [2.24, 2.45) is 5.92 Å². The number of hydroxylamine groups is 1. The maximum Gasteiger partial charge on any atom is 0.407 e. The third kappa shape index (κ3) is 4.51. The van der Waals surface area contributed by atoms with E-state index >= 15 is 0 Å². The highest BCUT2D eigenvalue weighted by molar-refractivity contribution is 5.95. The Morgan fingerprint density at radius 1 is 1.11 bits per heavy atom. The van der Waals surface area contributed by atoms with Crippen LogP contribution in [0.1, 0.15) is 47.9 Å². The fourth-order valence-electron chi connectivity index (χ4n) is 4.95. The minimum absolute atomic E-state index is 0.104. The second kappa shape index (κ2) is 9.27. The van der Waals surface area contributed by atoms with Gasteiger partial charge in [0.15, 0.2) is 0 Å². The molecule has 5 rings (SSSR count). The predicted octanol–water partition coefficient (Wildman–Crippen LogP) is 2.74. The van der Waals surface area contributed by atoms with Crippen LogP contribution >= 0.6 is 0 Å². The molecular formula is C26H29N5O5. The van der Waals surface area contributed by atoms with E-state index in [-0.39, 0.29) is 30.8 Å². The number of piperidine rings is 1. The molecule has 1 saturated heterocycles. The monoisotopic (exact) mass is 491 g/mol. The van der Waals surface area contributed by atoms with Gasteiger partial charge in [-0.25, -0.2) is 15.3 Å². The molecule has 1 aliphatic heterocycles. The number of hydrogen-bond acceptors (Lipinski definition) is 5. The first-order valence-electron chi connectivity index (χ1n) is 12.1. The number of nitrogens with zero attached hydrogens (tertiary/aromatic N) is 3. The van der Waals surface area contributed by atoms with Gasteiger partial charge >= 0.3 is 6.09 Å². The highest BCUT2D eigenvalue weighted by Crippen LogP contribution is 2.47. The summed E-state index contributed by atoms with van der Waals surface area (Å²) in [7, 11) is 0. The van der Waals surface area contributed by atoms with Crippen LogP contribution in [-0.4, -0.2) is 61.8 Å². The average Bonchev–Trinajstić information content (AvgIpc) is 3.53. The lowest BCUT2D eigenvalue weighted by molar-refractivity contribution is -0.135. The number of aromatic nitrogens is 2. The summed E-state index contributed by atoms with van der Waals surface area (Å²) >= 11 is 0. The van der Waals surface area contributed by atoms with Gasteiger partial charge in [0.1, 0.15) is 5.82 Å². The number of imidazole rings is 1. The number of amides is 3. The molecular weight excluding hydrogens is 462 g/mol. The Bertz CT molecular complexity index is 1310. The normalized spacial score (nSPS) is 20.7. The molecule has 2 atom stereocenters. The summed E-state index contributed by atoms with van der Waals surface area (Å²) in [6, 6.07) is 14.8. The van der Waals surface area contributed by atoms with Gasteiger partial charge in [-0.05, 0) is 49.1 Å². The summed E-state index contributed by atoms with van der Waals surface area (Å²) in [5.41, 5.74) is 5.22. The van der Waals surface area contributed by atoms with Crippen molar-refractivity contribution in [3.8, 4) is 0 Å². The molecule has 0 bridgehead atoms. The van der Waals surface area contributed by atoms with Crippen molar-refractivity contribution in [3.05, 3.63) is 65.5 Å². The lowest BCUT2D eigenvalue weighted by atomic mass is 9.91. The van der Waals surface area contributed by atoms with Crippen molar-refractivity contribution in [1.82, 2.24) is 25.2 Å². The molecule has 3 amide bonds. The average molecular weight is 492 g/mol. The lowest BCUT2D eigenvalue weighted by Crippen LogP contribution is -2.56. The summed E-state index contributed by atoms with van der Waals surface area (Å²) in [6.45, 7) is 2.96. The van der Waals surface area contributed by atoms with Gasteiger partial charge in [-0.3, -0.25) is 14.8 Å². The third-order valence-electron chi connectivity index (χ3n) is 7.40. The van der Waals surface area contributed by atoms with Crippen molar-refractivity contribution in [2.75, 3.05) is 13.1 Å². The number of para-hydroxylation sites is 2. The van der Waals surface area contributed by atoms with Crippen LogP contribution in [0.15, 0.2) is 48.5 Å². The lowest BCUT2D eigenvalue weighted by Gasteiger charge is -2.36. The summed E-state index contributed by atoms with van der Waals surface area (Å²) in [6.07, 6.45) is 1.37. The van der Waals surface area contributed by atoms with E-state index in [4.69, 9.17) is 10.2 Å². The van der Waals surface area contributed by atoms with Gasteiger partial charge in [0.2, 0.25) is 5.91 Å². The Morgan fingerprint density at radius 3 is 2.50 bits per heavy atom. The van der Waals surface area contributed by atoms with Crippen molar-refractivity contribution in [3.63, 3.8) is 0 Å².